The molecule has 0 atom stereocenters. The molecule has 0 saturated carbocycles. The molecule has 1 rings (SSSR count). The normalized spacial score (nSPS) is 11.7. The minimum absolute atomic E-state index is 0.373. The lowest BCUT2D eigenvalue weighted by Crippen LogP contribution is -2.31. The van der Waals surface area contributed by atoms with Crippen molar-refractivity contribution >= 4 is 25.6 Å². The zero-order chi connectivity index (χ0) is 14.8. The average molecular weight is 316 g/mol. The summed E-state index contributed by atoms with van der Waals surface area (Å²) in [4.78, 5) is 11.7. The summed E-state index contributed by atoms with van der Waals surface area (Å²) in [5.74, 6) is -1.93. The fourth-order valence-electron chi connectivity index (χ4n) is 1.34. The molecule has 1 aromatic carbocycles. The lowest BCUT2D eigenvalue weighted by atomic mass is 10.2. The van der Waals surface area contributed by atoms with Crippen molar-refractivity contribution in [3.63, 3.8) is 0 Å². The molecule has 0 radical (unpaired) electrons. The van der Waals surface area contributed by atoms with Crippen molar-refractivity contribution in [1.82, 2.24) is 4.90 Å². The quantitative estimate of drug-likeness (QED) is 0.800. The van der Waals surface area contributed by atoms with Gasteiger partial charge in [0.2, 0.25) is 0 Å². The first-order valence-electron chi connectivity index (χ1n) is 4.90. The number of benzene rings is 1. The van der Waals surface area contributed by atoms with Gasteiger partial charge < -0.3 is 4.90 Å². The molecule has 0 aliphatic rings. The molecule has 0 spiro atoms. The van der Waals surface area contributed by atoms with E-state index in [4.69, 9.17) is 10.7 Å². The summed E-state index contributed by atoms with van der Waals surface area (Å²) in [6, 6.07) is 2.21. The van der Waals surface area contributed by atoms with Crippen molar-refractivity contribution in [3.8, 4) is 0 Å². The predicted octanol–water partition coefficient (Wildman–Crippen LogP) is 2.09. The molecule has 1 aromatic rings. The van der Waals surface area contributed by atoms with E-state index in [0.29, 0.717) is 11.0 Å². The van der Waals surface area contributed by atoms with Gasteiger partial charge in [-0.15, -0.1) is 0 Å². The van der Waals surface area contributed by atoms with Crippen LogP contribution in [0.5, 0.6) is 0 Å². The Hall–Kier alpha value is -1.28. The number of amides is 1. The standard InChI is InChI=1S/C10H9ClF3NO3S/c1-15(5-9(13)14)10(16)6-2-7(12)4-8(3-6)19(11,17)18/h2-4,9H,5H2,1H3. The summed E-state index contributed by atoms with van der Waals surface area (Å²) >= 11 is 0. The Morgan fingerprint density at radius 2 is 1.95 bits per heavy atom. The molecule has 0 N–H and O–H groups in total. The number of carbonyl (C=O) groups is 1. The van der Waals surface area contributed by atoms with Gasteiger partial charge in [-0.3, -0.25) is 4.79 Å². The maximum absolute atomic E-state index is 13.2. The van der Waals surface area contributed by atoms with Crippen LogP contribution in [0.15, 0.2) is 23.1 Å². The summed E-state index contributed by atoms with van der Waals surface area (Å²) in [6.45, 7) is -0.849. The van der Waals surface area contributed by atoms with Crippen molar-refractivity contribution in [3.05, 3.63) is 29.6 Å². The molecule has 4 nitrogen and oxygen atoms in total. The Morgan fingerprint density at radius 1 is 1.37 bits per heavy atom. The summed E-state index contributed by atoms with van der Waals surface area (Å²) in [5.41, 5.74) is -0.373. The van der Waals surface area contributed by atoms with E-state index < -0.39 is 38.6 Å². The van der Waals surface area contributed by atoms with Gasteiger partial charge in [0.05, 0.1) is 11.4 Å². The molecule has 19 heavy (non-hydrogen) atoms. The Labute approximate surface area is 112 Å². The topological polar surface area (TPSA) is 54.5 Å². The monoisotopic (exact) mass is 315 g/mol. The lowest BCUT2D eigenvalue weighted by molar-refractivity contribution is 0.0619. The van der Waals surface area contributed by atoms with E-state index in [9.17, 15) is 26.4 Å². The molecule has 0 aromatic heterocycles. The van der Waals surface area contributed by atoms with Crippen LogP contribution < -0.4 is 0 Å². The molecule has 1 amide bonds. The van der Waals surface area contributed by atoms with Crippen LogP contribution in [-0.4, -0.2) is 39.2 Å². The molecule has 106 valence electrons. The van der Waals surface area contributed by atoms with Gasteiger partial charge in [0, 0.05) is 23.3 Å². The number of hydrogen-bond donors (Lipinski definition) is 0. The molecule has 0 aliphatic heterocycles. The van der Waals surface area contributed by atoms with Crippen molar-refractivity contribution < 1.29 is 26.4 Å². The zero-order valence-corrected chi connectivity index (χ0v) is 11.2. The molecule has 0 unspecified atom stereocenters. The highest BCUT2D eigenvalue weighted by Crippen LogP contribution is 2.19. The van der Waals surface area contributed by atoms with Gasteiger partial charge in [-0.25, -0.2) is 21.6 Å². The lowest BCUT2D eigenvalue weighted by Gasteiger charge is -2.16. The number of halogens is 4. The molecular weight excluding hydrogens is 307 g/mol. The van der Waals surface area contributed by atoms with Crippen molar-refractivity contribution in [2.24, 2.45) is 0 Å². The number of alkyl halides is 2. The zero-order valence-electron chi connectivity index (χ0n) is 9.61. The Balaban J connectivity index is 3.14. The first-order valence-corrected chi connectivity index (χ1v) is 7.21. The van der Waals surface area contributed by atoms with E-state index in [1.807, 2.05) is 0 Å². The second-order valence-corrected chi connectivity index (χ2v) is 6.26. The number of hydrogen-bond acceptors (Lipinski definition) is 3. The first-order chi connectivity index (χ1) is 8.61. The van der Waals surface area contributed by atoms with E-state index in [1.54, 1.807) is 0 Å². The first kappa shape index (κ1) is 15.8. The van der Waals surface area contributed by atoms with Gasteiger partial charge in [0.15, 0.2) is 0 Å². The van der Waals surface area contributed by atoms with Gasteiger partial charge in [-0.1, -0.05) is 0 Å². The van der Waals surface area contributed by atoms with Crippen LogP contribution in [0.25, 0.3) is 0 Å². The largest absolute Gasteiger partial charge is 0.336 e. The maximum Gasteiger partial charge on any atom is 0.261 e. The van der Waals surface area contributed by atoms with Gasteiger partial charge in [0.1, 0.15) is 5.82 Å². The fraction of sp³-hybridized carbons (Fsp3) is 0.300. The molecule has 9 heteroatoms. The average Bonchev–Trinajstić information content (AvgIpc) is 2.25. The van der Waals surface area contributed by atoms with Crippen molar-refractivity contribution in [2.75, 3.05) is 13.6 Å². The van der Waals surface area contributed by atoms with Crippen LogP contribution in [0.1, 0.15) is 10.4 Å². The highest BCUT2D eigenvalue weighted by Gasteiger charge is 2.20. The predicted molar refractivity (Wildman–Crippen MR) is 62.4 cm³/mol. The number of nitrogens with zero attached hydrogens (tertiary/aromatic N) is 1. The smallest absolute Gasteiger partial charge is 0.261 e. The van der Waals surface area contributed by atoms with E-state index in [0.717, 1.165) is 19.2 Å². The van der Waals surface area contributed by atoms with E-state index in [2.05, 4.69) is 0 Å². The Morgan fingerprint density at radius 3 is 2.42 bits per heavy atom. The van der Waals surface area contributed by atoms with Crippen molar-refractivity contribution in [1.29, 1.82) is 0 Å². The summed E-state index contributed by atoms with van der Waals surface area (Å²) < 4.78 is 59.6. The minimum atomic E-state index is -4.22. The third kappa shape index (κ3) is 4.39. The Kier molecular flexibility index (Phi) is 4.81. The van der Waals surface area contributed by atoms with Gasteiger partial charge in [0.25, 0.3) is 21.4 Å². The second-order valence-electron chi connectivity index (χ2n) is 3.69. The maximum atomic E-state index is 13.2. The van der Waals surface area contributed by atoms with Crippen LogP contribution in [-0.2, 0) is 9.05 Å². The van der Waals surface area contributed by atoms with Gasteiger partial charge in [-0.05, 0) is 18.2 Å². The highest BCUT2D eigenvalue weighted by molar-refractivity contribution is 8.13. The number of rotatable bonds is 4. The molecule has 0 fully saturated rings. The fourth-order valence-corrected chi connectivity index (χ4v) is 2.13. The van der Waals surface area contributed by atoms with Crippen LogP contribution in [0.2, 0.25) is 0 Å². The molecule has 0 saturated heterocycles. The van der Waals surface area contributed by atoms with Crippen LogP contribution in [0.4, 0.5) is 13.2 Å². The van der Waals surface area contributed by atoms with Crippen LogP contribution >= 0.6 is 10.7 Å². The molecular formula is C10H9ClF3NO3S. The highest BCUT2D eigenvalue weighted by atomic mass is 35.7. The molecule has 0 aliphatic carbocycles. The van der Waals surface area contributed by atoms with E-state index in [-0.39, 0.29) is 5.56 Å². The second kappa shape index (κ2) is 5.79. The third-order valence-corrected chi connectivity index (χ3v) is 3.49. The molecule has 0 bridgehead atoms. The van der Waals surface area contributed by atoms with Crippen LogP contribution in [0.3, 0.4) is 0 Å². The summed E-state index contributed by atoms with van der Waals surface area (Å²) in [5, 5.41) is 0. The van der Waals surface area contributed by atoms with Crippen molar-refractivity contribution in [2.45, 2.75) is 11.3 Å². The van der Waals surface area contributed by atoms with Gasteiger partial charge >= 0.3 is 0 Å². The molecule has 0 heterocycles. The van der Waals surface area contributed by atoms with E-state index >= 15 is 0 Å². The van der Waals surface area contributed by atoms with Gasteiger partial charge in [-0.2, -0.15) is 0 Å². The van der Waals surface area contributed by atoms with Crippen LogP contribution in [0, 0.1) is 5.82 Å². The minimum Gasteiger partial charge on any atom is -0.336 e. The number of carbonyl (C=O) groups excluding carboxylic acids is 1. The third-order valence-electron chi connectivity index (χ3n) is 2.16. The summed E-state index contributed by atoms with van der Waals surface area (Å²) in [6.07, 6.45) is -2.75. The SMILES string of the molecule is CN(CC(F)F)C(=O)c1cc(F)cc(S(=O)(=O)Cl)c1. The van der Waals surface area contributed by atoms with E-state index in [1.165, 1.54) is 0 Å². The summed E-state index contributed by atoms with van der Waals surface area (Å²) in [7, 11) is 1.91. The Bertz CT molecular complexity index is 592.